The van der Waals surface area contributed by atoms with Gasteiger partial charge in [-0.25, -0.2) is 0 Å². The number of nitrogens with two attached hydrogens (primary N) is 1. The lowest BCUT2D eigenvalue weighted by Gasteiger charge is -2.28. The molecule has 1 saturated heterocycles. The molecule has 1 amide bonds. The molecule has 0 bridgehead atoms. The number of nitrogens with zero attached hydrogens (tertiary/aromatic N) is 2. The highest BCUT2D eigenvalue weighted by Crippen LogP contribution is 2.24. The second-order valence-electron chi connectivity index (χ2n) is 4.51. The largest absolute Gasteiger partial charge is 0.399 e. The van der Waals surface area contributed by atoms with Crippen molar-refractivity contribution in [3.05, 3.63) is 22.7 Å². The van der Waals surface area contributed by atoms with Crippen molar-refractivity contribution in [2.45, 2.75) is 6.10 Å². The molecule has 0 aliphatic carbocycles. The molecule has 3 N–H and O–H groups in total. The maximum Gasteiger partial charge on any atom is 0.238 e. The third kappa shape index (κ3) is 3.93. The van der Waals surface area contributed by atoms with Gasteiger partial charge in [0.2, 0.25) is 5.91 Å². The Morgan fingerprint density at radius 2 is 2.45 bits per heavy atom. The van der Waals surface area contributed by atoms with Gasteiger partial charge in [0.25, 0.3) is 0 Å². The molecule has 1 fully saturated rings. The topological polar surface area (TPSA) is 91.4 Å². The van der Waals surface area contributed by atoms with E-state index >= 15 is 0 Å². The van der Waals surface area contributed by atoms with E-state index in [1.54, 1.807) is 18.2 Å². The van der Waals surface area contributed by atoms with Crippen LogP contribution in [0, 0.1) is 11.3 Å². The number of nitrogens with one attached hydrogen (secondary N) is 1. The molecule has 1 aliphatic heterocycles. The predicted octanol–water partition coefficient (Wildman–Crippen LogP) is 1.19. The van der Waals surface area contributed by atoms with Crippen LogP contribution < -0.4 is 11.1 Å². The average molecular weight is 339 g/mol. The van der Waals surface area contributed by atoms with Crippen LogP contribution in [0.2, 0.25) is 0 Å². The number of nitrogen functional groups attached to an aromatic ring is 1. The van der Waals surface area contributed by atoms with Crippen molar-refractivity contribution in [3.8, 4) is 6.07 Å². The van der Waals surface area contributed by atoms with Crippen LogP contribution >= 0.6 is 15.9 Å². The zero-order chi connectivity index (χ0) is 14.5. The number of hydrogen-bond donors (Lipinski definition) is 2. The molecule has 0 aromatic heterocycles. The van der Waals surface area contributed by atoms with Crippen LogP contribution in [0.1, 0.15) is 0 Å². The van der Waals surface area contributed by atoms with E-state index in [1.165, 1.54) is 0 Å². The fourth-order valence-electron chi connectivity index (χ4n) is 1.95. The van der Waals surface area contributed by atoms with Gasteiger partial charge < -0.3 is 15.8 Å². The number of hydrogen-bond acceptors (Lipinski definition) is 5. The molecule has 7 heteroatoms. The van der Waals surface area contributed by atoms with Gasteiger partial charge in [0.1, 0.15) is 0 Å². The molecule has 1 aliphatic rings. The van der Waals surface area contributed by atoms with Crippen molar-refractivity contribution in [1.29, 1.82) is 5.26 Å². The normalized spacial score (nSPS) is 19.3. The summed E-state index contributed by atoms with van der Waals surface area (Å²) in [5, 5.41) is 11.6. The SMILES string of the molecule is N#CC1CN(CC(=O)Nc2ccc(N)cc2Br)CCO1. The first-order valence-corrected chi connectivity index (χ1v) is 6.96. The maximum absolute atomic E-state index is 12.0. The molecule has 1 unspecified atom stereocenters. The zero-order valence-electron chi connectivity index (χ0n) is 10.8. The van der Waals surface area contributed by atoms with Gasteiger partial charge in [-0.05, 0) is 34.1 Å². The fraction of sp³-hybridized carbons (Fsp3) is 0.385. The number of halogens is 1. The van der Waals surface area contributed by atoms with E-state index in [0.29, 0.717) is 31.1 Å². The molecule has 1 atom stereocenters. The van der Waals surface area contributed by atoms with Crippen LogP contribution in [0.4, 0.5) is 11.4 Å². The summed E-state index contributed by atoms with van der Waals surface area (Å²) in [7, 11) is 0. The number of nitriles is 1. The van der Waals surface area contributed by atoms with Crippen molar-refractivity contribution in [2.24, 2.45) is 0 Å². The van der Waals surface area contributed by atoms with Crippen molar-refractivity contribution in [2.75, 3.05) is 37.3 Å². The average Bonchev–Trinajstić information content (AvgIpc) is 2.42. The molecule has 1 aromatic carbocycles. The van der Waals surface area contributed by atoms with Crippen LogP contribution in [0.5, 0.6) is 0 Å². The highest BCUT2D eigenvalue weighted by Gasteiger charge is 2.21. The standard InChI is InChI=1S/C13H15BrN4O2/c14-11-5-9(16)1-2-12(11)17-13(19)8-18-3-4-20-10(6-15)7-18/h1-2,5,10H,3-4,7-8,16H2,(H,17,19). The lowest BCUT2D eigenvalue weighted by Crippen LogP contribution is -2.45. The van der Waals surface area contributed by atoms with Crippen LogP contribution in [0.15, 0.2) is 22.7 Å². The summed E-state index contributed by atoms with van der Waals surface area (Å²) in [6.45, 7) is 1.80. The van der Waals surface area contributed by atoms with Gasteiger partial charge in [-0.3, -0.25) is 9.69 Å². The molecule has 0 radical (unpaired) electrons. The van der Waals surface area contributed by atoms with Crippen LogP contribution in [-0.4, -0.2) is 43.2 Å². The van der Waals surface area contributed by atoms with Crippen LogP contribution in [0.25, 0.3) is 0 Å². The van der Waals surface area contributed by atoms with E-state index in [1.807, 2.05) is 4.90 Å². The van der Waals surface area contributed by atoms with Crippen molar-refractivity contribution in [1.82, 2.24) is 4.90 Å². The van der Waals surface area contributed by atoms with E-state index in [0.717, 1.165) is 4.47 Å². The molecule has 6 nitrogen and oxygen atoms in total. The Balaban J connectivity index is 1.90. The molecular formula is C13H15BrN4O2. The first-order valence-electron chi connectivity index (χ1n) is 6.17. The summed E-state index contributed by atoms with van der Waals surface area (Å²) in [4.78, 5) is 13.9. The molecular weight excluding hydrogens is 324 g/mol. The molecule has 0 spiro atoms. The molecule has 1 heterocycles. The third-order valence-corrected chi connectivity index (χ3v) is 3.59. The summed E-state index contributed by atoms with van der Waals surface area (Å²) >= 11 is 3.35. The Kier molecular flexibility index (Phi) is 4.95. The van der Waals surface area contributed by atoms with Gasteiger partial charge in [0, 0.05) is 23.2 Å². The molecule has 0 saturated carbocycles. The maximum atomic E-state index is 12.0. The number of rotatable bonds is 3. The van der Waals surface area contributed by atoms with E-state index in [2.05, 4.69) is 27.3 Å². The van der Waals surface area contributed by atoms with E-state index in [9.17, 15) is 4.79 Å². The monoisotopic (exact) mass is 338 g/mol. The van der Waals surface area contributed by atoms with Gasteiger partial charge in [-0.15, -0.1) is 0 Å². The zero-order valence-corrected chi connectivity index (χ0v) is 12.4. The second-order valence-corrected chi connectivity index (χ2v) is 5.37. The highest BCUT2D eigenvalue weighted by atomic mass is 79.9. The van der Waals surface area contributed by atoms with Crippen LogP contribution in [-0.2, 0) is 9.53 Å². The van der Waals surface area contributed by atoms with Gasteiger partial charge in [-0.2, -0.15) is 5.26 Å². The quantitative estimate of drug-likeness (QED) is 0.808. The smallest absolute Gasteiger partial charge is 0.238 e. The number of morpholine rings is 1. The number of ether oxygens (including phenoxy) is 1. The Morgan fingerprint density at radius 1 is 1.65 bits per heavy atom. The van der Waals surface area contributed by atoms with Gasteiger partial charge in [0.05, 0.1) is 24.9 Å². The Hall–Kier alpha value is -1.62. The van der Waals surface area contributed by atoms with Crippen molar-refractivity contribution in [3.63, 3.8) is 0 Å². The summed E-state index contributed by atoms with van der Waals surface area (Å²) in [6.07, 6.45) is -0.459. The number of carbonyl (C=O) groups is 1. The predicted molar refractivity (Wildman–Crippen MR) is 79.0 cm³/mol. The minimum absolute atomic E-state index is 0.130. The Bertz CT molecular complexity index is 544. The Labute approximate surface area is 125 Å². The number of amides is 1. The van der Waals surface area contributed by atoms with Gasteiger partial charge >= 0.3 is 0 Å². The molecule has 1 aromatic rings. The Morgan fingerprint density at radius 3 is 3.15 bits per heavy atom. The number of benzene rings is 1. The molecule has 106 valence electrons. The molecule has 20 heavy (non-hydrogen) atoms. The lowest BCUT2D eigenvalue weighted by molar-refractivity contribution is -0.118. The van der Waals surface area contributed by atoms with Crippen molar-refractivity contribution < 1.29 is 9.53 Å². The first-order chi connectivity index (χ1) is 9.58. The van der Waals surface area contributed by atoms with Crippen molar-refractivity contribution >= 4 is 33.2 Å². The highest BCUT2D eigenvalue weighted by molar-refractivity contribution is 9.10. The minimum atomic E-state index is -0.459. The number of carbonyl (C=O) groups excluding carboxylic acids is 1. The summed E-state index contributed by atoms with van der Waals surface area (Å²) in [6, 6.07) is 7.26. The second kappa shape index (κ2) is 6.70. The first kappa shape index (κ1) is 14.8. The minimum Gasteiger partial charge on any atom is -0.399 e. The summed E-state index contributed by atoms with van der Waals surface area (Å²) in [5.41, 5.74) is 6.94. The fourth-order valence-corrected chi connectivity index (χ4v) is 2.45. The van der Waals surface area contributed by atoms with Gasteiger partial charge in [0.15, 0.2) is 6.10 Å². The van der Waals surface area contributed by atoms with E-state index in [4.69, 9.17) is 15.7 Å². The summed E-state index contributed by atoms with van der Waals surface area (Å²) in [5.74, 6) is -0.130. The number of anilines is 2. The van der Waals surface area contributed by atoms with Gasteiger partial charge in [-0.1, -0.05) is 0 Å². The van der Waals surface area contributed by atoms with E-state index < -0.39 is 6.10 Å². The summed E-state index contributed by atoms with van der Waals surface area (Å²) < 4.78 is 5.97. The third-order valence-electron chi connectivity index (χ3n) is 2.93. The van der Waals surface area contributed by atoms with E-state index in [-0.39, 0.29) is 12.5 Å². The van der Waals surface area contributed by atoms with Crippen LogP contribution in [0.3, 0.4) is 0 Å². The lowest BCUT2D eigenvalue weighted by atomic mass is 10.2. The molecule has 2 rings (SSSR count).